The summed E-state index contributed by atoms with van der Waals surface area (Å²) in [6, 6.07) is 14.4. The highest BCUT2D eigenvalue weighted by molar-refractivity contribution is 7.89. The summed E-state index contributed by atoms with van der Waals surface area (Å²) in [5.74, 6) is -0.0369. The van der Waals surface area contributed by atoms with Crippen LogP contribution in [0.3, 0.4) is 0 Å². The Labute approximate surface area is 220 Å². The van der Waals surface area contributed by atoms with Gasteiger partial charge < -0.3 is 15.0 Å². The van der Waals surface area contributed by atoms with E-state index in [1.54, 1.807) is 43.7 Å². The molecule has 38 heavy (non-hydrogen) atoms. The SMILES string of the molecule is CN(C)CCN(C)S(=O)(=O)c1ccc2[nH]c(O)c(C=c3ccc4c(c3)N=NC=4C=Cc3ccncc3)c2c1. The predicted molar refractivity (Wildman–Crippen MR) is 149 cm³/mol. The number of rotatable bonds is 8. The van der Waals surface area contributed by atoms with Gasteiger partial charge in [-0.1, -0.05) is 12.1 Å². The molecule has 4 aromatic rings. The monoisotopic (exact) mass is 528 g/mol. The van der Waals surface area contributed by atoms with Gasteiger partial charge in [-0.2, -0.15) is 4.31 Å². The maximum absolute atomic E-state index is 13.2. The second kappa shape index (κ2) is 10.3. The van der Waals surface area contributed by atoms with Crippen LogP contribution < -0.4 is 10.4 Å². The van der Waals surface area contributed by atoms with Gasteiger partial charge in [0.2, 0.25) is 10.0 Å². The molecule has 0 saturated carbocycles. The van der Waals surface area contributed by atoms with Gasteiger partial charge >= 0.3 is 0 Å². The van der Waals surface area contributed by atoms with Crippen LogP contribution in [0.15, 0.2) is 82.1 Å². The topological polar surface area (TPSA) is 114 Å². The Balaban J connectivity index is 1.50. The number of aromatic nitrogens is 2. The van der Waals surface area contributed by atoms with Gasteiger partial charge in [0.1, 0.15) is 0 Å². The molecule has 10 heteroatoms. The number of hydrogen-bond donors (Lipinski definition) is 2. The summed E-state index contributed by atoms with van der Waals surface area (Å²) in [7, 11) is 1.68. The van der Waals surface area contributed by atoms with Crippen LogP contribution in [0.25, 0.3) is 28.8 Å². The van der Waals surface area contributed by atoms with Crippen molar-refractivity contribution < 1.29 is 13.5 Å². The van der Waals surface area contributed by atoms with Gasteiger partial charge in [-0.15, -0.1) is 10.2 Å². The van der Waals surface area contributed by atoms with Gasteiger partial charge in [-0.05, 0) is 79.5 Å². The molecule has 0 radical (unpaired) electrons. The van der Waals surface area contributed by atoms with Crippen LogP contribution in [-0.4, -0.2) is 66.9 Å². The van der Waals surface area contributed by atoms with Crippen molar-refractivity contribution in [3.05, 3.63) is 88.6 Å². The Kier molecular flexibility index (Phi) is 6.94. The van der Waals surface area contributed by atoms with Crippen LogP contribution in [0, 0.1) is 0 Å². The fraction of sp³-hybridized carbons (Fsp3) is 0.179. The van der Waals surface area contributed by atoms with Crippen LogP contribution in [-0.2, 0) is 10.0 Å². The van der Waals surface area contributed by atoms with Crippen LogP contribution >= 0.6 is 0 Å². The third kappa shape index (κ3) is 5.14. The molecular weight excluding hydrogens is 500 g/mol. The molecule has 0 aliphatic carbocycles. The normalized spacial score (nSPS) is 14.0. The van der Waals surface area contributed by atoms with E-state index in [1.807, 2.05) is 61.5 Å². The molecule has 1 aliphatic rings. The minimum Gasteiger partial charge on any atom is -0.494 e. The lowest BCUT2D eigenvalue weighted by atomic mass is 10.1. The molecule has 2 aromatic heterocycles. The van der Waals surface area contributed by atoms with E-state index in [0.717, 1.165) is 27.4 Å². The van der Waals surface area contributed by atoms with E-state index in [1.165, 1.54) is 4.31 Å². The fourth-order valence-electron chi connectivity index (χ4n) is 4.16. The molecule has 1 aliphatic heterocycles. The summed E-state index contributed by atoms with van der Waals surface area (Å²) in [6.07, 6.45) is 9.15. The first-order valence-electron chi connectivity index (χ1n) is 12.0. The van der Waals surface area contributed by atoms with E-state index in [2.05, 4.69) is 20.2 Å². The maximum atomic E-state index is 13.2. The lowest BCUT2D eigenvalue weighted by Gasteiger charge is -2.19. The zero-order valence-corrected chi connectivity index (χ0v) is 22.1. The van der Waals surface area contributed by atoms with Crippen molar-refractivity contribution in [2.75, 3.05) is 34.2 Å². The highest BCUT2D eigenvalue weighted by atomic mass is 32.2. The second-order valence-corrected chi connectivity index (χ2v) is 11.4. The molecule has 0 saturated heterocycles. The van der Waals surface area contributed by atoms with Crippen LogP contribution in [0.4, 0.5) is 5.69 Å². The first-order chi connectivity index (χ1) is 18.2. The molecule has 194 valence electrons. The summed E-state index contributed by atoms with van der Waals surface area (Å²) < 4.78 is 27.7. The molecule has 0 spiro atoms. The molecule has 2 N–H and O–H groups in total. The highest BCUT2D eigenvalue weighted by Gasteiger charge is 2.22. The summed E-state index contributed by atoms with van der Waals surface area (Å²) in [6.45, 7) is 0.974. The third-order valence-electron chi connectivity index (χ3n) is 6.37. The number of nitrogens with zero attached hydrogens (tertiary/aromatic N) is 5. The van der Waals surface area contributed by atoms with Crippen molar-refractivity contribution in [2.45, 2.75) is 4.90 Å². The van der Waals surface area contributed by atoms with E-state index < -0.39 is 10.0 Å². The van der Waals surface area contributed by atoms with Crippen molar-refractivity contribution in [1.29, 1.82) is 0 Å². The zero-order valence-electron chi connectivity index (χ0n) is 21.3. The van der Waals surface area contributed by atoms with Crippen molar-refractivity contribution in [1.82, 2.24) is 19.2 Å². The third-order valence-corrected chi connectivity index (χ3v) is 8.23. The Bertz CT molecular complexity index is 1790. The average Bonchev–Trinajstić information content (AvgIpc) is 3.45. The number of pyridine rings is 1. The van der Waals surface area contributed by atoms with Crippen molar-refractivity contribution >= 4 is 44.5 Å². The average molecular weight is 529 g/mol. The number of nitrogens with one attached hydrogen (secondary N) is 1. The Morgan fingerprint density at radius 1 is 0.947 bits per heavy atom. The lowest BCUT2D eigenvalue weighted by molar-refractivity contribution is 0.358. The quantitative estimate of drug-likeness (QED) is 0.365. The number of hydrogen-bond acceptors (Lipinski definition) is 7. The Hall–Kier alpha value is -4.12. The van der Waals surface area contributed by atoms with Crippen LogP contribution in [0.5, 0.6) is 5.88 Å². The zero-order chi connectivity index (χ0) is 26.9. The van der Waals surface area contributed by atoms with Crippen molar-refractivity contribution in [3.8, 4) is 5.88 Å². The van der Waals surface area contributed by atoms with Gasteiger partial charge in [0.05, 0.1) is 16.3 Å². The van der Waals surface area contributed by atoms with Gasteiger partial charge in [0.25, 0.3) is 0 Å². The van der Waals surface area contributed by atoms with E-state index in [0.29, 0.717) is 29.6 Å². The van der Waals surface area contributed by atoms with Crippen molar-refractivity contribution in [3.63, 3.8) is 0 Å². The smallest absolute Gasteiger partial charge is 0.242 e. The van der Waals surface area contributed by atoms with E-state index in [4.69, 9.17) is 0 Å². The molecule has 0 amide bonds. The molecule has 5 rings (SSSR count). The van der Waals surface area contributed by atoms with Crippen LogP contribution in [0.2, 0.25) is 0 Å². The number of aromatic amines is 1. The molecule has 0 fully saturated rings. The summed E-state index contributed by atoms with van der Waals surface area (Å²) in [4.78, 5) is 9.06. The van der Waals surface area contributed by atoms with Gasteiger partial charge in [-0.25, -0.2) is 8.42 Å². The second-order valence-electron chi connectivity index (χ2n) is 9.34. The minimum absolute atomic E-state index is 0.0369. The molecule has 0 atom stereocenters. The molecule has 2 aromatic carbocycles. The van der Waals surface area contributed by atoms with Crippen LogP contribution in [0.1, 0.15) is 11.1 Å². The van der Waals surface area contributed by atoms with E-state index >= 15 is 0 Å². The highest BCUT2D eigenvalue weighted by Crippen LogP contribution is 2.30. The van der Waals surface area contributed by atoms with Gasteiger partial charge in [-0.3, -0.25) is 4.98 Å². The molecule has 3 heterocycles. The van der Waals surface area contributed by atoms with Gasteiger partial charge in [0.15, 0.2) is 5.88 Å². The number of aromatic hydroxyl groups is 1. The number of H-pyrrole nitrogens is 1. The number of likely N-dealkylation sites (N-methyl/N-ethyl adjacent to an activating group) is 2. The number of fused-ring (bicyclic) bond motifs is 2. The number of azo groups is 1. The molecule has 0 bridgehead atoms. The maximum Gasteiger partial charge on any atom is 0.242 e. The molecule has 0 unspecified atom stereocenters. The molecule has 9 nitrogen and oxygen atoms in total. The number of benzene rings is 2. The lowest BCUT2D eigenvalue weighted by Crippen LogP contribution is -2.33. The van der Waals surface area contributed by atoms with E-state index in [9.17, 15) is 13.5 Å². The van der Waals surface area contributed by atoms with E-state index in [-0.39, 0.29) is 10.8 Å². The Morgan fingerprint density at radius 2 is 1.74 bits per heavy atom. The van der Waals surface area contributed by atoms with Crippen molar-refractivity contribution in [2.24, 2.45) is 10.2 Å². The fourth-order valence-corrected chi connectivity index (χ4v) is 5.35. The predicted octanol–water partition coefficient (Wildman–Crippen LogP) is 3.20. The first-order valence-corrected chi connectivity index (χ1v) is 13.5. The summed E-state index contributed by atoms with van der Waals surface area (Å²) in [5, 5.41) is 21.6. The summed E-state index contributed by atoms with van der Waals surface area (Å²) >= 11 is 0. The Morgan fingerprint density at radius 3 is 2.50 bits per heavy atom. The molecular formula is C28H28N6O3S. The number of sulfonamides is 1. The minimum atomic E-state index is -3.69. The first kappa shape index (κ1) is 25.5. The standard InChI is InChI=1S/C28H28N6O3S/c1-33(2)14-15-34(3)38(36,37)21-6-9-25-23(18-21)24(28(35)30-25)16-20-4-7-22-26(31-32-27(22)17-20)8-5-19-10-12-29-13-11-19/h4-13,16-18,30,35H,14-15H2,1-3H3. The largest absolute Gasteiger partial charge is 0.494 e. The van der Waals surface area contributed by atoms with Gasteiger partial charge in [0, 0.05) is 54.2 Å². The summed E-state index contributed by atoms with van der Waals surface area (Å²) in [5.41, 5.74) is 3.64.